The first kappa shape index (κ1) is 22.3. The van der Waals surface area contributed by atoms with E-state index in [0.29, 0.717) is 37.3 Å². The molecule has 6 N–H and O–H groups in total. The summed E-state index contributed by atoms with van der Waals surface area (Å²) in [4.78, 5) is 19.8. The Morgan fingerprint density at radius 3 is 2.81 bits per heavy atom. The number of hydrazine groups is 1. The van der Waals surface area contributed by atoms with Gasteiger partial charge < -0.3 is 21.4 Å². The van der Waals surface area contributed by atoms with Crippen LogP contribution in [0.2, 0.25) is 0 Å². The van der Waals surface area contributed by atoms with E-state index in [-0.39, 0.29) is 23.5 Å². The van der Waals surface area contributed by atoms with Crippen molar-refractivity contribution in [2.45, 2.75) is 38.4 Å². The predicted molar refractivity (Wildman–Crippen MR) is 110 cm³/mol. The molecule has 11 heteroatoms. The normalized spacial score (nSPS) is 17.6. The largest absolute Gasteiger partial charge is 0.416 e. The molecule has 31 heavy (non-hydrogen) atoms. The van der Waals surface area contributed by atoms with E-state index in [4.69, 9.17) is 11.6 Å². The van der Waals surface area contributed by atoms with Crippen LogP contribution in [0.3, 0.4) is 0 Å². The van der Waals surface area contributed by atoms with Crippen molar-refractivity contribution >= 4 is 23.2 Å². The highest BCUT2D eigenvalue weighted by atomic mass is 19.4. The van der Waals surface area contributed by atoms with Crippen LogP contribution in [0.4, 0.5) is 24.8 Å². The number of carbonyl (C=O) groups excluding carboxylic acids is 1. The Labute approximate surface area is 177 Å². The molecule has 2 aromatic rings. The topological polar surface area (TPSA) is 122 Å². The van der Waals surface area contributed by atoms with E-state index in [9.17, 15) is 18.0 Å². The number of aromatic nitrogens is 2. The lowest BCUT2D eigenvalue weighted by Crippen LogP contribution is -2.37. The molecule has 1 unspecified atom stereocenters. The van der Waals surface area contributed by atoms with Gasteiger partial charge in [0, 0.05) is 31.4 Å². The smallest absolute Gasteiger partial charge is 0.396 e. The second-order valence-corrected chi connectivity index (χ2v) is 7.33. The maximum absolute atomic E-state index is 12.9. The molecule has 1 amide bonds. The van der Waals surface area contributed by atoms with Gasteiger partial charge in [0.15, 0.2) is 0 Å². The van der Waals surface area contributed by atoms with Gasteiger partial charge in [0.1, 0.15) is 11.6 Å². The van der Waals surface area contributed by atoms with E-state index < -0.39 is 11.7 Å². The predicted octanol–water partition coefficient (Wildman–Crippen LogP) is 2.65. The summed E-state index contributed by atoms with van der Waals surface area (Å²) in [7, 11) is 0. The van der Waals surface area contributed by atoms with Gasteiger partial charge in [-0.2, -0.15) is 13.2 Å². The number of anilines is 2. The Balaban J connectivity index is 1.78. The Bertz CT molecular complexity index is 977. The van der Waals surface area contributed by atoms with Crippen LogP contribution in [0.5, 0.6) is 0 Å². The number of nitrogens with two attached hydrogens (primary N) is 2. The van der Waals surface area contributed by atoms with Gasteiger partial charge >= 0.3 is 6.18 Å². The zero-order chi connectivity index (χ0) is 22.6. The van der Waals surface area contributed by atoms with Gasteiger partial charge in [0.2, 0.25) is 5.91 Å². The van der Waals surface area contributed by atoms with Gasteiger partial charge in [-0.25, -0.2) is 15.8 Å². The molecule has 1 saturated heterocycles. The van der Waals surface area contributed by atoms with E-state index in [1.807, 2.05) is 6.92 Å². The zero-order valence-electron chi connectivity index (χ0n) is 16.9. The summed E-state index contributed by atoms with van der Waals surface area (Å²) in [5.41, 5.74) is 6.86. The van der Waals surface area contributed by atoms with Crippen molar-refractivity contribution in [2.24, 2.45) is 11.6 Å². The van der Waals surface area contributed by atoms with E-state index in [1.165, 1.54) is 5.01 Å². The quantitative estimate of drug-likeness (QED) is 0.421. The lowest BCUT2D eigenvalue weighted by Gasteiger charge is -2.25. The number of rotatable bonds is 5. The third kappa shape index (κ3) is 6.07. The molecular formula is C20H24F3N7O. The van der Waals surface area contributed by atoms with Gasteiger partial charge in [0.05, 0.1) is 17.0 Å². The summed E-state index contributed by atoms with van der Waals surface area (Å²) in [5, 5.41) is 7.06. The van der Waals surface area contributed by atoms with Crippen LogP contribution in [0.25, 0.3) is 5.70 Å². The standard InChI is InChI=1S/C20H24F3N7O/c1-12-8-16(15(24)11-30(25)14-2-3-19(31)27-7-5-14)28-18(9-12)29-17-10-13(4-6-26-17)20(21,22)23/h4,6,8-11,14H,2-3,5,7,24-25H2,1H3,(H,27,31)(H,26,28,29)/b15-11-. The molecule has 3 rings (SSSR count). The van der Waals surface area contributed by atoms with Gasteiger partial charge in [0.25, 0.3) is 0 Å². The fourth-order valence-electron chi connectivity index (χ4n) is 3.22. The molecule has 0 spiro atoms. The third-order valence-corrected chi connectivity index (χ3v) is 4.82. The fourth-order valence-corrected chi connectivity index (χ4v) is 3.22. The van der Waals surface area contributed by atoms with Crippen LogP contribution in [0.15, 0.2) is 36.7 Å². The Kier molecular flexibility index (Phi) is 6.64. The number of nitrogens with zero attached hydrogens (tertiary/aromatic N) is 3. The number of carbonyl (C=O) groups is 1. The maximum atomic E-state index is 12.9. The molecule has 0 aromatic carbocycles. The SMILES string of the molecule is Cc1cc(Nc2cc(C(F)(F)F)ccn2)nc(/C(N)=C/N(N)C2CCNC(=O)CC2)c1. The number of nitrogens with one attached hydrogen (secondary N) is 2. The minimum absolute atomic E-state index is 0.00730. The number of aryl methyl sites for hydroxylation is 1. The van der Waals surface area contributed by atoms with Gasteiger partial charge in [-0.05, 0) is 49.6 Å². The second kappa shape index (κ2) is 9.21. The Hall–Kier alpha value is -3.34. The van der Waals surface area contributed by atoms with Crippen LogP contribution in [-0.4, -0.2) is 33.5 Å². The number of pyridine rings is 2. The molecule has 2 aromatic heterocycles. The Morgan fingerprint density at radius 2 is 2.06 bits per heavy atom. The van der Waals surface area contributed by atoms with Crippen molar-refractivity contribution in [2.75, 3.05) is 11.9 Å². The van der Waals surface area contributed by atoms with Gasteiger partial charge in [-0.3, -0.25) is 4.79 Å². The van der Waals surface area contributed by atoms with Crippen LogP contribution in [0, 0.1) is 6.92 Å². The molecular weight excluding hydrogens is 411 g/mol. The van der Waals surface area contributed by atoms with Crippen molar-refractivity contribution in [1.82, 2.24) is 20.3 Å². The van der Waals surface area contributed by atoms with Gasteiger partial charge in [-0.1, -0.05) is 0 Å². The molecule has 1 fully saturated rings. The van der Waals surface area contributed by atoms with Crippen LogP contribution in [0.1, 0.15) is 36.1 Å². The highest BCUT2D eigenvalue weighted by Gasteiger charge is 2.30. The number of alkyl halides is 3. The van der Waals surface area contributed by atoms with Crippen LogP contribution >= 0.6 is 0 Å². The molecule has 3 heterocycles. The van der Waals surface area contributed by atoms with E-state index in [2.05, 4.69) is 20.6 Å². The monoisotopic (exact) mass is 435 g/mol. The molecule has 8 nitrogen and oxygen atoms in total. The van der Waals surface area contributed by atoms with E-state index in [1.54, 1.807) is 18.3 Å². The lowest BCUT2D eigenvalue weighted by atomic mass is 10.1. The summed E-state index contributed by atoms with van der Waals surface area (Å²) in [6.45, 7) is 2.34. The van der Waals surface area contributed by atoms with Gasteiger partial charge in [-0.15, -0.1) is 0 Å². The first-order valence-electron chi connectivity index (χ1n) is 9.68. The van der Waals surface area contributed by atoms with Crippen LogP contribution < -0.4 is 22.2 Å². The summed E-state index contributed by atoms with van der Waals surface area (Å²) >= 11 is 0. The summed E-state index contributed by atoms with van der Waals surface area (Å²) in [6.07, 6.45) is -0.181. The summed E-state index contributed by atoms with van der Waals surface area (Å²) in [5.74, 6) is 6.44. The van der Waals surface area contributed by atoms with Crippen molar-refractivity contribution in [3.63, 3.8) is 0 Å². The van der Waals surface area contributed by atoms with Crippen molar-refractivity contribution in [1.29, 1.82) is 0 Å². The first-order chi connectivity index (χ1) is 14.6. The van der Waals surface area contributed by atoms with E-state index in [0.717, 1.165) is 23.9 Å². The zero-order valence-corrected chi connectivity index (χ0v) is 16.9. The fraction of sp³-hybridized carbons (Fsp3) is 0.350. The molecule has 0 saturated carbocycles. The second-order valence-electron chi connectivity index (χ2n) is 7.33. The number of hydrogen-bond donors (Lipinski definition) is 4. The third-order valence-electron chi connectivity index (χ3n) is 4.82. The van der Waals surface area contributed by atoms with Crippen LogP contribution in [-0.2, 0) is 11.0 Å². The molecule has 0 aliphatic carbocycles. The highest BCUT2D eigenvalue weighted by Crippen LogP contribution is 2.30. The van der Waals surface area contributed by atoms with Crippen molar-refractivity contribution < 1.29 is 18.0 Å². The first-order valence-corrected chi connectivity index (χ1v) is 9.68. The average Bonchev–Trinajstić information content (AvgIpc) is 2.91. The number of hydrogen-bond acceptors (Lipinski definition) is 7. The Morgan fingerprint density at radius 1 is 1.29 bits per heavy atom. The average molecular weight is 435 g/mol. The summed E-state index contributed by atoms with van der Waals surface area (Å²) in [6, 6.07) is 5.15. The lowest BCUT2D eigenvalue weighted by molar-refractivity contribution is -0.137. The molecule has 1 atom stereocenters. The molecule has 1 aliphatic heterocycles. The molecule has 166 valence electrons. The summed E-state index contributed by atoms with van der Waals surface area (Å²) < 4.78 is 38.8. The maximum Gasteiger partial charge on any atom is 0.416 e. The minimum Gasteiger partial charge on any atom is -0.396 e. The van der Waals surface area contributed by atoms with Crippen molar-refractivity contribution in [3.05, 3.63) is 53.5 Å². The van der Waals surface area contributed by atoms with E-state index >= 15 is 0 Å². The number of amides is 1. The number of halogens is 3. The molecule has 0 radical (unpaired) electrons. The highest BCUT2D eigenvalue weighted by molar-refractivity contribution is 5.76. The minimum atomic E-state index is -4.47. The molecule has 1 aliphatic rings. The van der Waals surface area contributed by atoms with Crippen molar-refractivity contribution in [3.8, 4) is 0 Å². The molecule has 0 bridgehead atoms.